The second kappa shape index (κ2) is 6.21. The van der Waals surface area contributed by atoms with Crippen LogP contribution in [0, 0.1) is 11.6 Å². The molecule has 0 amide bonds. The Morgan fingerprint density at radius 1 is 1.13 bits per heavy atom. The molecule has 23 heavy (non-hydrogen) atoms. The van der Waals surface area contributed by atoms with Gasteiger partial charge in [0.15, 0.2) is 17.3 Å². The van der Waals surface area contributed by atoms with E-state index < -0.39 is 11.6 Å². The molecule has 0 saturated heterocycles. The lowest BCUT2D eigenvalue weighted by Crippen LogP contribution is -2.74. The minimum Gasteiger partial charge on any atom is -0.337 e. The van der Waals surface area contributed by atoms with Gasteiger partial charge < -0.3 is 5.32 Å². The molecular weight excluding hydrogens is 349 g/mol. The van der Waals surface area contributed by atoms with Crippen molar-refractivity contribution in [2.75, 3.05) is 5.32 Å². The zero-order chi connectivity index (χ0) is 16.6. The van der Waals surface area contributed by atoms with Gasteiger partial charge in [0.1, 0.15) is 12.1 Å². The fourth-order valence-corrected chi connectivity index (χ4v) is 2.35. The maximum atomic E-state index is 14.1. The minimum atomic E-state index is -0.734. The molecule has 0 aliphatic carbocycles. The Hall–Kier alpha value is -2.06. The van der Waals surface area contributed by atoms with E-state index in [0.717, 1.165) is 6.07 Å². The number of hydrogen-bond acceptors (Lipinski definition) is 4. The summed E-state index contributed by atoms with van der Waals surface area (Å²) in [5.74, 6) is -1.14. The molecular formula is C14H9Cl2F2N4O+. The zero-order valence-corrected chi connectivity index (χ0v) is 12.8. The average molecular weight is 358 g/mol. The number of nitrogens with one attached hydrogen (secondary N) is 1. The van der Waals surface area contributed by atoms with Gasteiger partial charge in [0.05, 0.1) is 21.2 Å². The van der Waals surface area contributed by atoms with Crippen LogP contribution < -0.4 is 10.8 Å². The Labute approximate surface area is 138 Å². The monoisotopic (exact) mass is 357 g/mol. The summed E-state index contributed by atoms with van der Waals surface area (Å²) in [6, 6.07) is 5.34. The number of anilines is 2. The first kappa shape index (κ1) is 15.8. The van der Waals surface area contributed by atoms with E-state index in [2.05, 4.69) is 15.3 Å². The molecule has 0 fully saturated rings. The SMILES string of the molecule is O[NH2+]c1cc2c(Nc3ccc(Cl)c(Cl)c3F)ncnc2cc1F. The van der Waals surface area contributed by atoms with Gasteiger partial charge in [-0.3, -0.25) is 0 Å². The number of nitrogens with two attached hydrogens (primary N) is 1. The van der Waals surface area contributed by atoms with E-state index in [9.17, 15) is 8.78 Å². The molecule has 2 aromatic carbocycles. The van der Waals surface area contributed by atoms with Crippen molar-refractivity contribution in [3.05, 3.63) is 52.3 Å². The van der Waals surface area contributed by atoms with Crippen molar-refractivity contribution in [2.45, 2.75) is 0 Å². The van der Waals surface area contributed by atoms with Crippen LogP contribution >= 0.6 is 23.2 Å². The Bertz CT molecular complexity index is 908. The minimum absolute atomic E-state index is 0.0371. The van der Waals surface area contributed by atoms with E-state index in [4.69, 9.17) is 28.4 Å². The third-order valence-electron chi connectivity index (χ3n) is 3.18. The number of aromatic nitrogens is 2. The smallest absolute Gasteiger partial charge is 0.198 e. The Kier molecular flexibility index (Phi) is 4.27. The summed E-state index contributed by atoms with van der Waals surface area (Å²) >= 11 is 11.5. The average Bonchev–Trinajstić information content (AvgIpc) is 2.55. The molecule has 1 aromatic heterocycles. The van der Waals surface area contributed by atoms with Gasteiger partial charge in [-0.05, 0) is 12.1 Å². The molecule has 0 atom stereocenters. The first-order valence-electron chi connectivity index (χ1n) is 6.33. The molecule has 9 heteroatoms. The Balaban J connectivity index is 2.12. The highest BCUT2D eigenvalue weighted by molar-refractivity contribution is 6.42. The van der Waals surface area contributed by atoms with Crippen molar-refractivity contribution in [1.29, 1.82) is 0 Å². The van der Waals surface area contributed by atoms with E-state index in [1.807, 2.05) is 0 Å². The fourth-order valence-electron chi connectivity index (χ4n) is 2.04. The summed E-state index contributed by atoms with van der Waals surface area (Å²) in [4.78, 5) is 7.96. The molecule has 1 heterocycles. The summed E-state index contributed by atoms with van der Waals surface area (Å²) in [6.07, 6.45) is 1.21. The second-order valence-corrected chi connectivity index (χ2v) is 5.38. The molecule has 0 spiro atoms. The van der Waals surface area contributed by atoms with Gasteiger partial charge in [-0.1, -0.05) is 23.2 Å². The van der Waals surface area contributed by atoms with Crippen LogP contribution in [-0.4, -0.2) is 15.2 Å². The van der Waals surface area contributed by atoms with Crippen LogP contribution in [0.5, 0.6) is 0 Å². The van der Waals surface area contributed by atoms with Crippen molar-refractivity contribution in [2.24, 2.45) is 0 Å². The van der Waals surface area contributed by atoms with Crippen molar-refractivity contribution in [3.8, 4) is 0 Å². The van der Waals surface area contributed by atoms with Gasteiger partial charge in [0, 0.05) is 17.5 Å². The first-order chi connectivity index (χ1) is 11.0. The Morgan fingerprint density at radius 3 is 2.65 bits per heavy atom. The molecule has 0 radical (unpaired) electrons. The highest BCUT2D eigenvalue weighted by Crippen LogP contribution is 2.33. The number of nitrogens with zero attached hydrogens (tertiary/aromatic N) is 2. The van der Waals surface area contributed by atoms with E-state index in [0.29, 0.717) is 16.4 Å². The van der Waals surface area contributed by atoms with Crippen LogP contribution in [0.15, 0.2) is 30.6 Å². The van der Waals surface area contributed by atoms with Crippen LogP contribution in [0.3, 0.4) is 0 Å². The summed E-state index contributed by atoms with van der Waals surface area (Å²) in [5, 5.41) is 12.1. The molecule has 4 N–H and O–H groups in total. The highest BCUT2D eigenvalue weighted by atomic mass is 35.5. The predicted molar refractivity (Wildman–Crippen MR) is 82.6 cm³/mol. The predicted octanol–water partition coefficient (Wildman–Crippen LogP) is 3.54. The van der Waals surface area contributed by atoms with Gasteiger partial charge in [-0.2, -0.15) is 5.48 Å². The van der Waals surface area contributed by atoms with Crippen molar-refractivity contribution in [3.63, 3.8) is 0 Å². The fraction of sp³-hybridized carbons (Fsp3) is 0. The summed E-state index contributed by atoms with van der Waals surface area (Å²) in [5.41, 5.74) is 0.944. The molecule has 5 nitrogen and oxygen atoms in total. The molecule has 3 aromatic rings. The normalized spacial score (nSPS) is 11.0. The highest BCUT2D eigenvalue weighted by Gasteiger charge is 2.15. The standard InChI is InChI=1S/C14H8Cl2F2N4O/c15-7-1-2-9(13(18)12(7)16)21-14-6-3-11(22-23)8(17)4-10(6)19-5-20-14/h1-5,22-23H,(H,19,20,21)/p+1. The number of quaternary nitrogens is 1. The summed E-state index contributed by atoms with van der Waals surface area (Å²) < 4.78 is 27.8. The van der Waals surface area contributed by atoms with Crippen LogP contribution in [0.4, 0.5) is 26.0 Å². The summed E-state index contributed by atoms with van der Waals surface area (Å²) in [7, 11) is 0. The topological polar surface area (TPSA) is 74.7 Å². The van der Waals surface area contributed by atoms with Gasteiger partial charge in [-0.25, -0.2) is 24.0 Å². The zero-order valence-electron chi connectivity index (χ0n) is 11.3. The lowest BCUT2D eigenvalue weighted by molar-refractivity contribution is -0.826. The maximum Gasteiger partial charge on any atom is 0.198 e. The third-order valence-corrected chi connectivity index (χ3v) is 3.96. The third kappa shape index (κ3) is 2.91. The molecule has 0 aliphatic rings. The number of halogens is 4. The van der Waals surface area contributed by atoms with E-state index in [1.165, 1.54) is 24.5 Å². The molecule has 118 valence electrons. The van der Waals surface area contributed by atoms with Gasteiger partial charge in [0.25, 0.3) is 0 Å². The van der Waals surface area contributed by atoms with Crippen LogP contribution in [0.25, 0.3) is 10.9 Å². The number of benzene rings is 2. The van der Waals surface area contributed by atoms with Gasteiger partial charge >= 0.3 is 0 Å². The summed E-state index contributed by atoms with van der Waals surface area (Å²) in [6.45, 7) is 0. The second-order valence-electron chi connectivity index (χ2n) is 4.59. The lowest BCUT2D eigenvalue weighted by atomic mass is 10.2. The molecule has 3 rings (SSSR count). The van der Waals surface area contributed by atoms with E-state index in [-0.39, 0.29) is 27.2 Å². The first-order valence-corrected chi connectivity index (χ1v) is 7.09. The van der Waals surface area contributed by atoms with Crippen LogP contribution in [0.2, 0.25) is 10.0 Å². The molecule has 0 unspecified atom stereocenters. The van der Waals surface area contributed by atoms with Crippen LogP contribution in [-0.2, 0) is 0 Å². The number of fused-ring (bicyclic) bond motifs is 1. The quantitative estimate of drug-likeness (QED) is 0.380. The molecule has 0 aliphatic heterocycles. The maximum absolute atomic E-state index is 14.1. The molecule has 0 saturated carbocycles. The lowest BCUT2D eigenvalue weighted by Gasteiger charge is -2.11. The van der Waals surface area contributed by atoms with Gasteiger partial charge in [0.2, 0.25) is 0 Å². The van der Waals surface area contributed by atoms with E-state index in [1.54, 1.807) is 0 Å². The number of rotatable bonds is 3. The Morgan fingerprint density at radius 2 is 1.91 bits per heavy atom. The van der Waals surface area contributed by atoms with Crippen molar-refractivity contribution >= 4 is 51.3 Å². The largest absolute Gasteiger partial charge is 0.337 e. The number of hydrogen-bond donors (Lipinski definition) is 3. The van der Waals surface area contributed by atoms with Crippen LogP contribution in [0.1, 0.15) is 0 Å². The van der Waals surface area contributed by atoms with Crippen molar-refractivity contribution in [1.82, 2.24) is 9.97 Å². The van der Waals surface area contributed by atoms with E-state index >= 15 is 0 Å². The van der Waals surface area contributed by atoms with Crippen molar-refractivity contribution < 1.29 is 19.5 Å². The molecule has 0 bridgehead atoms. The van der Waals surface area contributed by atoms with Gasteiger partial charge in [-0.15, -0.1) is 0 Å².